The monoisotopic (exact) mass is 355 g/mol. The summed E-state index contributed by atoms with van der Waals surface area (Å²) in [6, 6.07) is 16.9. The van der Waals surface area contributed by atoms with Gasteiger partial charge in [0.05, 0.1) is 6.10 Å². The minimum atomic E-state index is -0.455. The largest absolute Gasteiger partial charge is 0.491 e. The van der Waals surface area contributed by atoms with Crippen LogP contribution in [-0.4, -0.2) is 31.9 Å². The number of nitrogens with zero attached hydrogens (tertiary/aromatic N) is 1. The van der Waals surface area contributed by atoms with Crippen molar-refractivity contribution in [3.8, 4) is 5.75 Å². The first-order chi connectivity index (χ1) is 12.6. The van der Waals surface area contributed by atoms with E-state index in [2.05, 4.69) is 55.4 Å². The molecule has 0 amide bonds. The maximum Gasteiger partial charge on any atom is 0.124 e. The van der Waals surface area contributed by atoms with E-state index in [1.807, 2.05) is 12.1 Å². The Hall–Kier alpha value is -2.00. The lowest BCUT2D eigenvalue weighted by molar-refractivity contribution is 0.122. The molecule has 0 radical (unpaired) electrons. The van der Waals surface area contributed by atoms with Crippen LogP contribution in [0.3, 0.4) is 0 Å². The van der Waals surface area contributed by atoms with Gasteiger partial charge in [0, 0.05) is 25.3 Å². The number of benzene rings is 2. The molecule has 3 nitrogen and oxygen atoms in total. The number of anilines is 1. The Morgan fingerprint density at radius 2 is 1.58 bits per heavy atom. The Kier molecular flexibility index (Phi) is 8.49. The smallest absolute Gasteiger partial charge is 0.124 e. The molecule has 0 bridgehead atoms. The van der Waals surface area contributed by atoms with Gasteiger partial charge in [0.2, 0.25) is 0 Å². The topological polar surface area (TPSA) is 32.7 Å². The first-order valence-corrected chi connectivity index (χ1v) is 9.72. The minimum absolute atomic E-state index is 0.334. The summed E-state index contributed by atoms with van der Waals surface area (Å²) in [7, 11) is 4.13. The number of aliphatic hydroxyl groups excluding tert-OH is 1. The van der Waals surface area contributed by atoms with E-state index < -0.39 is 6.10 Å². The van der Waals surface area contributed by atoms with Gasteiger partial charge in [-0.05, 0) is 50.3 Å². The Morgan fingerprint density at radius 1 is 0.885 bits per heavy atom. The third-order valence-electron chi connectivity index (χ3n) is 4.56. The van der Waals surface area contributed by atoms with Gasteiger partial charge >= 0.3 is 0 Å². The third kappa shape index (κ3) is 6.72. The molecule has 1 unspecified atom stereocenters. The molecule has 26 heavy (non-hydrogen) atoms. The van der Waals surface area contributed by atoms with Crippen molar-refractivity contribution in [1.82, 2.24) is 0 Å². The van der Waals surface area contributed by atoms with Crippen molar-refractivity contribution in [3.63, 3.8) is 0 Å². The van der Waals surface area contributed by atoms with E-state index in [-0.39, 0.29) is 0 Å². The number of aliphatic hydroxyl groups is 1. The molecule has 3 heteroatoms. The van der Waals surface area contributed by atoms with Crippen LogP contribution in [0.5, 0.6) is 5.75 Å². The van der Waals surface area contributed by atoms with Crippen molar-refractivity contribution in [2.45, 2.75) is 51.6 Å². The van der Waals surface area contributed by atoms with Crippen LogP contribution in [0.25, 0.3) is 0 Å². The quantitative estimate of drug-likeness (QED) is 0.584. The average Bonchev–Trinajstić information content (AvgIpc) is 2.63. The van der Waals surface area contributed by atoms with E-state index in [1.54, 1.807) is 6.92 Å². The molecule has 2 aromatic carbocycles. The average molecular weight is 356 g/mol. The van der Waals surface area contributed by atoms with Gasteiger partial charge < -0.3 is 14.7 Å². The molecule has 0 fully saturated rings. The van der Waals surface area contributed by atoms with Crippen LogP contribution < -0.4 is 9.64 Å². The molecule has 0 aliphatic rings. The van der Waals surface area contributed by atoms with Gasteiger partial charge in [0.15, 0.2) is 0 Å². The van der Waals surface area contributed by atoms with Crippen molar-refractivity contribution < 1.29 is 9.84 Å². The summed E-state index contributed by atoms with van der Waals surface area (Å²) in [6.45, 7) is 2.09. The Bertz CT molecular complexity index is 638. The Labute approximate surface area is 158 Å². The molecule has 0 saturated carbocycles. The van der Waals surface area contributed by atoms with Gasteiger partial charge in [-0.1, -0.05) is 49.2 Å². The van der Waals surface area contributed by atoms with Gasteiger partial charge in [0.25, 0.3) is 0 Å². The highest BCUT2D eigenvalue weighted by molar-refractivity contribution is 5.58. The standard InChI is InChI=1S/C23H33NO2/c1-19(25)18-26-23-17-11-16-22(24(2)3)21(23)15-10-5-4-7-12-20-13-8-6-9-14-20/h6,8-9,11,13-14,16-17,19,25H,4-5,7,10,12,15,18H2,1-3H3. The SMILES string of the molecule is CC(O)COc1cccc(N(C)C)c1CCCCCCc1ccccc1. The normalized spacial score (nSPS) is 12.0. The summed E-state index contributed by atoms with van der Waals surface area (Å²) in [5.41, 5.74) is 3.89. The zero-order valence-electron chi connectivity index (χ0n) is 16.4. The molecule has 0 spiro atoms. The summed E-state index contributed by atoms with van der Waals surface area (Å²) in [5, 5.41) is 9.51. The molecule has 0 aliphatic carbocycles. The van der Waals surface area contributed by atoms with E-state index in [0.717, 1.165) is 25.0 Å². The lowest BCUT2D eigenvalue weighted by atomic mass is 10.0. The number of unbranched alkanes of at least 4 members (excludes halogenated alkanes) is 3. The summed E-state index contributed by atoms with van der Waals surface area (Å²) >= 11 is 0. The van der Waals surface area contributed by atoms with Crippen LogP contribution in [-0.2, 0) is 12.8 Å². The van der Waals surface area contributed by atoms with Gasteiger partial charge in [0.1, 0.15) is 12.4 Å². The summed E-state index contributed by atoms with van der Waals surface area (Å²) < 4.78 is 5.85. The predicted molar refractivity (Wildman–Crippen MR) is 110 cm³/mol. The molecular formula is C23H33NO2. The van der Waals surface area contributed by atoms with Crippen LogP contribution in [0.4, 0.5) is 5.69 Å². The first-order valence-electron chi connectivity index (χ1n) is 9.72. The van der Waals surface area contributed by atoms with Gasteiger partial charge in [-0.25, -0.2) is 0 Å². The minimum Gasteiger partial charge on any atom is -0.491 e. The molecule has 0 aliphatic heterocycles. The highest BCUT2D eigenvalue weighted by Crippen LogP contribution is 2.30. The zero-order chi connectivity index (χ0) is 18.8. The van der Waals surface area contributed by atoms with E-state index in [0.29, 0.717) is 6.61 Å². The fourth-order valence-electron chi connectivity index (χ4n) is 3.20. The predicted octanol–water partition coefficient (Wildman–Crippen LogP) is 4.86. The molecule has 1 N–H and O–H groups in total. The molecule has 2 aromatic rings. The second-order valence-electron chi connectivity index (χ2n) is 7.21. The second-order valence-corrected chi connectivity index (χ2v) is 7.21. The van der Waals surface area contributed by atoms with Gasteiger partial charge in [-0.3, -0.25) is 0 Å². The maximum atomic E-state index is 9.51. The molecule has 1 atom stereocenters. The molecular weight excluding hydrogens is 322 g/mol. The fraction of sp³-hybridized carbons (Fsp3) is 0.478. The summed E-state index contributed by atoms with van der Waals surface area (Å²) in [4.78, 5) is 2.14. The van der Waals surface area contributed by atoms with Crippen molar-refractivity contribution in [3.05, 3.63) is 59.7 Å². The van der Waals surface area contributed by atoms with Crippen LogP contribution in [0.1, 0.15) is 43.7 Å². The van der Waals surface area contributed by atoms with Crippen LogP contribution in [0.15, 0.2) is 48.5 Å². The molecule has 0 aromatic heterocycles. The van der Waals surface area contributed by atoms with Gasteiger partial charge in [-0.15, -0.1) is 0 Å². The highest BCUT2D eigenvalue weighted by Gasteiger charge is 2.12. The lowest BCUT2D eigenvalue weighted by Crippen LogP contribution is -2.16. The summed E-state index contributed by atoms with van der Waals surface area (Å²) in [6.07, 6.45) is 6.60. The van der Waals surface area contributed by atoms with Crippen LogP contribution in [0.2, 0.25) is 0 Å². The third-order valence-corrected chi connectivity index (χ3v) is 4.56. The van der Waals surface area contributed by atoms with Crippen molar-refractivity contribution in [1.29, 1.82) is 0 Å². The molecule has 142 valence electrons. The van der Waals surface area contributed by atoms with E-state index >= 15 is 0 Å². The molecule has 0 heterocycles. The van der Waals surface area contributed by atoms with E-state index in [9.17, 15) is 5.11 Å². The number of aryl methyl sites for hydroxylation is 1. The molecule has 0 saturated heterocycles. The number of rotatable bonds is 11. The van der Waals surface area contributed by atoms with Gasteiger partial charge in [-0.2, -0.15) is 0 Å². The fourth-order valence-corrected chi connectivity index (χ4v) is 3.20. The van der Waals surface area contributed by atoms with Crippen molar-refractivity contribution in [2.24, 2.45) is 0 Å². The molecule has 2 rings (SSSR count). The summed E-state index contributed by atoms with van der Waals surface area (Å²) in [5.74, 6) is 0.904. The Morgan fingerprint density at radius 3 is 2.23 bits per heavy atom. The first kappa shape index (κ1) is 20.3. The van der Waals surface area contributed by atoms with Crippen molar-refractivity contribution in [2.75, 3.05) is 25.6 Å². The Balaban J connectivity index is 1.84. The highest BCUT2D eigenvalue weighted by atomic mass is 16.5. The van der Waals surface area contributed by atoms with E-state index in [4.69, 9.17) is 4.74 Å². The number of hydrogen-bond acceptors (Lipinski definition) is 3. The zero-order valence-corrected chi connectivity index (χ0v) is 16.4. The van der Waals surface area contributed by atoms with Crippen molar-refractivity contribution >= 4 is 5.69 Å². The maximum absolute atomic E-state index is 9.51. The number of ether oxygens (including phenoxy) is 1. The second kappa shape index (κ2) is 10.9. The van der Waals surface area contributed by atoms with Crippen LogP contribution in [0, 0.1) is 0 Å². The lowest BCUT2D eigenvalue weighted by Gasteiger charge is -2.21. The van der Waals surface area contributed by atoms with E-state index in [1.165, 1.54) is 36.1 Å². The number of hydrogen-bond donors (Lipinski definition) is 1. The van der Waals surface area contributed by atoms with Crippen LogP contribution >= 0.6 is 0 Å².